The molecule has 0 spiro atoms. The molecule has 0 aromatic carbocycles. The highest BCUT2D eigenvalue weighted by Crippen LogP contribution is 1.98. The molecule has 0 rings (SSSR count). The Morgan fingerprint density at radius 2 is 1.61 bits per heavy atom. The first-order valence-electron chi connectivity index (χ1n) is 5.22. The summed E-state index contributed by atoms with van der Waals surface area (Å²) in [4.78, 5) is 33.6. The van der Waals surface area contributed by atoms with Gasteiger partial charge in [0.15, 0.2) is 0 Å². The molecule has 0 aliphatic carbocycles. The van der Waals surface area contributed by atoms with E-state index in [0.717, 1.165) is 29.5 Å². The molecule has 0 bridgehead atoms. The van der Waals surface area contributed by atoms with Gasteiger partial charge in [0, 0.05) is 24.6 Å². The Balaban J connectivity index is 4.71. The Labute approximate surface area is 104 Å². The smallest absolute Gasteiger partial charge is 0.417 e. The van der Waals surface area contributed by atoms with Gasteiger partial charge in [0.05, 0.1) is 13.2 Å². The lowest BCUT2D eigenvalue weighted by Crippen LogP contribution is -2.22. The second-order valence-corrected chi connectivity index (χ2v) is 2.83. The number of hydrogen-bond acceptors (Lipinski definition) is 5. The number of carbonyl (C=O) groups excluding carboxylic acids is 2. The second kappa shape index (κ2) is 8.80. The van der Waals surface area contributed by atoms with Crippen LogP contribution in [0.2, 0.25) is 0 Å². The van der Waals surface area contributed by atoms with E-state index in [1.54, 1.807) is 13.8 Å². The van der Waals surface area contributed by atoms with Gasteiger partial charge < -0.3 is 14.6 Å². The van der Waals surface area contributed by atoms with Gasteiger partial charge in [-0.3, -0.25) is 4.90 Å². The van der Waals surface area contributed by atoms with Crippen LogP contribution >= 0.6 is 0 Å². The van der Waals surface area contributed by atoms with E-state index in [1.807, 2.05) is 0 Å². The van der Waals surface area contributed by atoms with Crippen LogP contribution < -0.4 is 0 Å². The normalized spacial score (nSPS) is 10.6. The lowest BCUT2D eigenvalue weighted by atomic mass is 10.5. The summed E-state index contributed by atoms with van der Waals surface area (Å²) in [6, 6.07) is 0. The number of carboxylic acid groups (broad SMARTS) is 1. The number of nitrogens with zero attached hydrogens (tertiary/aromatic N) is 1. The summed E-state index contributed by atoms with van der Waals surface area (Å²) in [6.45, 7) is 3.57. The van der Waals surface area contributed by atoms with Crippen LogP contribution in [-0.4, -0.2) is 41.3 Å². The zero-order valence-corrected chi connectivity index (χ0v) is 10.2. The molecule has 0 unspecified atom stereocenters. The highest BCUT2D eigenvalue weighted by Gasteiger charge is 2.09. The van der Waals surface area contributed by atoms with Gasteiger partial charge in [0.2, 0.25) is 0 Å². The van der Waals surface area contributed by atoms with Crippen LogP contribution in [0.4, 0.5) is 4.79 Å². The average Bonchev–Trinajstić information content (AvgIpc) is 2.29. The maximum absolute atomic E-state index is 11.4. The number of esters is 1. The van der Waals surface area contributed by atoms with Gasteiger partial charge in [0.25, 0.3) is 0 Å². The summed E-state index contributed by atoms with van der Waals surface area (Å²) in [6.07, 6.45) is 2.97. The van der Waals surface area contributed by atoms with Gasteiger partial charge in [-0.25, -0.2) is 14.4 Å². The van der Waals surface area contributed by atoms with Crippen LogP contribution in [0.15, 0.2) is 24.6 Å². The zero-order valence-electron chi connectivity index (χ0n) is 10.2. The fraction of sp³-hybridized carbons (Fsp3) is 0.364. The van der Waals surface area contributed by atoms with Gasteiger partial charge in [-0.2, -0.15) is 0 Å². The Bertz CT molecular complexity index is 361. The highest BCUT2D eigenvalue weighted by molar-refractivity contribution is 5.83. The summed E-state index contributed by atoms with van der Waals surface area (Å²) in [5, 5.41) is 8.45. The topological polar surface area (TPSA) is 93.1 Å². The van der Waals surface area contributed by atoms with Gasteiger partial charge in [0.1, 0.15) is 0 Å². The van der Waals surface area contributed by atoms with Crippen molar-refractivity contribution in [3.63, 3.8) is 0 Å². The molecule has 0 aromatic rings. The number of rotatable bonds is 6. The molecule has 0 atom stereocenters. The minimum atomic E-state index is -1.23. The van der Waals surface area contributed by atoms with Crippen LogP contribution in [0, 0.1) is 0 Å². The van der Waals surface area contributed by atoms with Crippen molar-refractivity contribution in [3.05, 3.63) is 24.6 Å². The van der Waals surface area contributed by atoms with Crippen LogP contribution in [-0.2, 0) is 19.1 Å². The molecule has 0 radical (unpaired) electrons. The van der Waals surface area contributed by atoms with Crippen LogP contribution in [0.25, 0.3) is 0 Å². The molecule has 0 heterocycles. The maximum Gasteiger partial charge on any atom is 0.417 e. The summed E-state index contributed by atoms with van der Waals surface area (Å²) in [5.74, 6) is -1.87. The van der Waals surface area contributed by atoms with Crippen LogP contribution in [0.1, 0.15) is 13.8 Å². The first kappa shape index (κ1) is 15.7. The molecule has 0 aromatic heterocycles. The monoisotopic (exact) mass is 257 g/mol. The minimum absolute atomic E-state index is 0.128. The average molecular weight is 257 g/mol. The predicted molar refractivity (Wildman–Crippen MR) is 61.4 cm³/mol. The van der Waals surface area contributed by atoms with Crippen molar-refractivity contribution < 1.29 is 29.0 Å². The van der Waals surface area contributed by atoms with Crippen molar-refractivity contribution in [2.75, 3.05) is 13.2 Å². The van der Waals surface area contributed by atoms with Crippen molar-refractivity contribution in [1.29, 1.82) is 0 Å². The molecule has 0 saturated heterocycles. The standard InChI is InChI=1S/C11H15NO6/c1-3-17-10(15)6-8-12(7-5-9(13)14)11(16)18-4-2/h5-8H,3-4H2,1-2H3,(H,13,14). The van der Waals surface area contributed by atoms with E-state index in [1.165, 1.54) is 0 Å². The summed E-state index contributed by atoms with van der Waals surface area (Å²) < 4.78 is 9.28. The third-order valence-corrected chi connectivity index (χ3v) is 1.51. The van der Waals surface area contributed by atoms with E-state index in [2.05, 4.69) is 9.47 Å². The number of amides is 1. The molecular weight excluding hydrogens is 242 g/mol. The van der Waals surface area contributed by atoms with Crippen molar-refractivity contribution >= 4 is 18.0 Å². The van der Waals surface area contributed by atoms with E-state index < -0.39 is 18.0 Å². The Hall–Kier alpha value is -2.31. The van der Waals surface area contributed by atoms with Gasteiger partial charge in [-0.1, -0.05) is 0 Å². The zero-order chi connectivity index (χ0) is 14.0. The second-order valence-electron chi connectivity index (χ2n) is 2.83. The Morgan fingerprint density at radius 1 is 1.06 bits per heavy atom. The molecule has 1 amide bonds. The molecule has 18 heavy (non-hydrogen) atoms. The van der Waals surface area contributed by atoms with E-state index in [4.69, 9.17) is 5.11 Å². The summed E-state index contributed by atoms with van der Waals surface area (Å²) in [5.41, 5.74) is 0. The van der Waals surface area contributed by atoms with Gasteiger partial charge in [-0.05, 0) is 13.8 Å². The minimum Gasteiger partial charge on any atom is -0.478 e. The maximum atomic E-state index is 11.4. The van der Waals surface area contributed by atoms with E-state index in [9.17, 15) is 14.4 Å². The SMILES string of the molecule is CCOC(=O)C=CN(C=CC(=O)O)C(=O)OCC. The fourth-order valence-corrected chi connectivity index (χ4v) is 0.845. The molecule has 0 saturated carbocycles. The van der Waals surface area contributed by atoms with Crippen molar-refractivity contribution in [3.8, 4) is 0 Å². The number of hydrogen-bond donors (Lipinski definition) is 1. The molecule has 7 nitrogen and oxygen atoms in total. The Kier molecular flexibility index (Phi) is 7.67. The lowest BCUT2D eigenvalue weighted by molar-refractivity contribution is -0.137. The number of aliphatic carboxylic acids is 1. The molecule has 100 valence electrons. The third kappa shape index (κ3) is 7.04. The van der Waals surface area contributed by atoms with Crippen LogP contribution in [0.3, 0.4) is 0 Å². The highest BCUT2D eigenvalue weighted by atomic mass is 16.6. The van der Waals surface area contributed by atoms with Crippen molar-refractivity contribution in [1.82, 2.24) is 4.90 Å². The quantitative estimate of drug-likeness (QED) is 0.566. The number of ether oxygens (including phenoxy) is 2. The van der Waals surface area contributed by atoms with Gasteiger partial charge >= 0.3 is 18.0 Å². The van der Waals surface area contributed by atoms with Gasteiger partial charge in [-0.15, -0.1) is 0 Å². The first-order valence-corrected chi connectivity index (χ1v) is 5.22. The van der Waals surface area contributed by atoms with Crippen molar-refractivity contribution in [2.24, 2.45) is 0 Å². The third-order valence-electron chi connectivity index (χ3n) is 1.51. The molecule has 0 fully saturated rings. The lowest BCUT2D eigenvalue weighted by Gasteiger charge is -2.12. The van der Waals surface area contributed by atoms with Crippen molar-refractivity contribution in [2.45, 2.75) is 13.8 Å². The number of carbonyl (C=O) groups is 3. The molecule has 0 aliphatic heterocycles. The summed E-state index contributed by atoms with van der Waals surface area (Å²) >= 11 is 0. The summed E-state index contributed by atoms with van der Waals surface area (Å²) in [7, 11) is 0. The molecular formula is C11H15NO6. The van der Waals surface area contributed by atoms with E-state index in [-0.39, 0.29) is 13.2 Å². The molecule has 0 aliphatic rings. The molecule has 1 N–H and O–H groups in total. The number of carboxylic acids is 1. The molecule has 7 heteroatoms. The largest absolute Gasteiger partial charge is 0.478 e. The van der Waals surface area contributed by atoms with E-state index in [0.29, 0.717) is 0 Å². The van der Waals surface area contributed by atoms with Crippen LogP contribution in [0.5, 0.6) is 0 Å². The fourth-order valence-electron chi connectivity index (χ4n) is 0.845. The first-order chi connectivity index (χ1) is 8.51. The van der Waals surface area contributed by atoms with E-state index >= 15 is 0 Å². The predicted octanol–water partition coefficient (Wildman–Crippen LogP) is 1.12. The Morgan fingerprint density at radius 3 is 2.11 bits per heavy atom.